The average Bonchev–Trinajstić information content (AvgIpc) is 2.48. The highest BCUT2D eigenvalue weighted by Gasteiger charge is 2.06. The fourth-order valence-electron chi connectivity index (χ4n) is 1.76. The molecule has 0 bridgehead atoms. The van der Waals surface area contributed by atoms with Crippen LogP contribution in [0.4, 0.5) is 5.69 Å². The van der Waals surface area contributed by atoms with Gasteiger partial charge < -0.3 is 10.1 Å². The number of nitriles is 1. The van der Waals surface area contributed by atoms with Gasteiger partial charge in [0.25, 0.3) is 5.91 Å². The van der Waals surface area contributed by atoms with E-state index >= 15 is 0 Å². The van der Waals surface area contributed by atoms with E-state index in [9.17, 15) is 4.79 Å². The molecular weight excluding hydrogens is 332 g/mol. The molecule has 0 radical (unpaired) electrons. The van der Waals surface area contributed by atoms with Gasteiger partial charge in [0.2, 0.25) is 0 Å². The van der Waals surface area contributed by atoms with E-state index in [-0.39, 0.29) is 12.5 Å². The van der Waals surface area contributed by atoms with Crippen molar-refractivity contribution in [2.24, 2.45) is 0 Å². The van der Waals surface area contributed by atoms with Crippen molar-refractivity contribution >= 4 is 27.5 Å². The maximum Gasteiger partial charge on any atom is 0.262 e. The van der Waals surface area contributed by atoms with Gasteiger partial charge in [0.1, 0.15) is 5.75 Å². The Morgan fingerprint density at radius 2 is 2.14 bits per heavy atom. The molecule has 0 aliphatic heterocycles. The third kappa shape index (κ3) is 4.33. The summed E-state index contributed by atoms with van der Waals surface area (Å²) in [6.07, 6.45) is 0. The van der Waals surface area contributed by atoms with Crippen LogP contribution >= 0.6 is 15.9 Å². The second-order valence-electron chi connectivity index (χ2n) is 4.44. The number of carbonyl (C=O) groups is 1. The Hall–Kier alpha value is -2.32. The number of nitrogens with one attached hydrogen (secondary N) is 1. The monoisotopic (exact) mass is 344 g/mol. The summed E-state index contributed by atoms with van der Waals surface area (Å²) in [5.41, 5.74) is 2.21. The van der Waals surface area contributed by atoms with Crippen molar-refractivity contribution in [3.8, 4) is 11.8 Å². The molecule has 4 nitrogen and oxygen atoms in total. The second-order valence-corrected chi connectivity index (χ2v) is 5.35. The third-order valence-electron chi connectivity index (χ3n) is 2.80. The van der Waals surface area contributed by atoms with E-state index < -0.39 is 0 Å². The predicted molar refractivity (Wildman–Crippen MR) is 84.2 cm³/mol. The lowest BCUT2D eigenvalue weighted by atomic mass is 10.2. The zero-order valence-electron chi connectivity index (χ0n) is 11.4. The van der Waals surface area contributed by atoms with Gasteiger partial charge >= 0.3 is 0 Å². The van der Waals surface area contributed by atoms with E-state index in [2.05, 4.69) is 21.2 Å². The number of benzene rings is 2. The van der Waals surface area contributed by atoms with Gasteiger partial charge in [-0.05, 0) is 48.9 Å². The predicted octanol–water partition coefficient (Wildman–Crippen LogP) is 3.65. The van der Waals surface area contributed by atoms with Crippen LogP contribution in [0.1, 0.15) is 11.1 Å². The molecule has 106 valence electrons. The van der Waals surface area contributed by atoms with E-state index in [1.54, 1.807) is 24.3 Å². The molecule has 0 saturated heterocycles. The van der Waals surface area contributed by atoms with E-state index in [0.717, 1.165) is 15.7 Å². The first kappa shape index (κ1) is 15.1. The van der Waals surface area contributed by atoms with Crippen molar-refractivity contribution in [2.45, 2.75) is 6.92 Å². The van der Waals surface area contributed by atoms with Gasteiger partial charge in [-0.2, -0.15) is 5.26 Å². The van der Waals surface area contributed by atoms with E-state index in [4.69, 9.17) is 10.00 Å². The van der Waals surface area contributed by atoms with Gasteiger partial charge in [-0.3, -0.25) is 4.79 Å². The Kier molecular flexibility index (Phi) is 4.96. The lowest BCUT2D eigenvalue weighted by Gasteiger charge is -2.10. The minimum Gasteiger partial charge on any atom is -0.484 e. The fourth-order valence-corrected chi connectivity index (χ4v) is 2.23. The van der Waals surface area contributed by atoms with Gasteiger partial charge in [0.15, 0.2) is 6.61 Å². The molecule has 0 atom stereocenters. The third-order valence-corrected chi connectivity index (χ3v) is 3.29. The van der Waals surface area contributed by atoms with Gasteiger partial charge in [-0.1, -0.05) is 22.0 Å². The van der Waals surface area contributed by atoms with Crippen LogP contribution in [0.15, 0.2) is 46.9 Å². The number of ether oxygens (including phenoxy) is 1. The molecule has 1 amide bonds. The number of rotatable bonds is 4. The topological polar surface area (TPSA) is 62.1 Å². The number of hydrogen-bond acceptors (Lipinski definition) is 3. The maximum absolute atomic E-state index is 11.9. The summed E-state index contributed by atoms with van der Waals surface area (Å²) < 4.78 is 6.33. The summed E-state index contributed by atoms with van der Waals surface area (Å²) in [5.74, 6) is 0.250. The number of amides is 1. The molecule has 0 aliphatic rings. The Morgan fingerprint density at radius 3 is 2.86 bits per heavy atom. The average molecular weight is 345 g/mol. The smallest absolute Gasteiger partial charge is 0.262 e. The van der Waals surface area contributed by atoms with Gasteiger partial charge in [0, 0.05) is 10.2 Å². The Morgan fingerprint density at radius 1 is 1.33 bits per heavy atom. The quantitative estimate of drug-likeness (QED) is 0.920. The lowest BCUT2D eigenvalue weighted by molar-refractivity contribution is -0.118. The molecule has 2 rings (SSSR count). The first-order chi connectivity index (χ1) is 10.1. The molecule has 21 heavy (non-hydrogen) atoms. The van der Waals surface area contributed by atoms with Crippen molar-refractivity contribution in [3.63, 3.8) is 0 Å². The highest BCUT2D eigenvalue weighted by Crippen LogP contribution is 2.20. The molecule has 0 spiro atoms. The van der Waals surface area contributed by atoms with Gasteiger partial charge in [-0.25, -0.2) is 0 Å². The number of halogens is 1. The molecule has 0 heterocycles. The maximum atomic E-state index is 11.9. The summed E-state index contributed by atoms with van der Waals surface area (Å²) in [5, 5.41) is 11.6. The molecule has 1 N–H and O–H groups in total. The summed E-state index contributed by atoms with van der Waals surface area (Å²) in [7, 11) is 0. The summed E-state index contributed by atoms with van der Waals surface area (Å²) >= 11 is 3.37. The van der Waals surface area contributed by atoms with Crippen LogP contribution in [-0.2, 0) is 4.79 Å². The van der Waals surface area contributed by atoms with Crippen LogP contribution in [0.3, 0.4) is 0 Å². The number of aryl methyl sites for hydroxylation is 1. The van der Waals surface area contributed by atoms with E-state index in [1.165, 1.54) is 0 Å². The number of anilines is 1. The molecule has 5 heteroatoms. The van der Waals surface area contributed by atoms with E-state index in [1.807, 2.05) is 31.2 Å². The van der Waals surface area contributed by atoms with Crippen molar-refractivity contribution < 1.29 is 9.53 Å². The minimum absolute atomic E-state index is 0.107. The lowest BCUT2D eigenvalue weighted by Crippen LogP contribution is -2.20. The summed E-state index contributed by atoms with van der Waals surface area (Å²) in [4.78, 5) is 11.9. The van der Waals surface area contributed by atoms with Crippen molar-refractivity contribution in [3.05, 3.63) is 58.1 Å². The molecule has 0 aliphatic carbocycles. The minimum atomic E-state index is -0.247. The van der Waals surface area contributed by atoms with Gasteiger partial charge in [0.05, 0.1) is 11.6 Å². The van der Waals surface area contributed by atoms with Crippen LogP contribution in [-0.4, -0.2) is 12.5 Å². The van der Waals surface area contributed by atoms with E-state index in [0.29, 0.717) is 11.3 Å². The zero-order valence-corrected chi connectivity index (χ0v) is 13.0. The Labute approximate surface area is 131 Å². The first-order valence-electron chi connectivity index (χ1n) is 6.27. The first-order valence-corrected chi connectivity index (χ1v) is 7.07. The second kappa shape index (κ2) is 6.91. The van der Waals surface area contributed by atoms with Crippen molar-refractivity contribution in [2.75, 3.05) is 11.9 Å². The normalized spacial score (nSPS) is 9.76. The Bertz CT molecular complexity index is 708. The van der Waals surface area contributed by atoms with Crippen LogP contribution in [0.25, 0.3) is 0 Å². The van der Waals surface area contributed by atoms with Crippen LogP contribution in [0.2, 0.25) is 0 Å². The molecular formula is C16H13BrN2O2. The molecule has 0 unspecified atom stereocenters. The molecule has 2 aromatic carbocycles. The zero-order chi connectivity index (χ0) is 15.2. The largest absolute Gasteiger partial charge is 0.484 e. The summed E-state index contributed by atoms with van der Waals surface area (Å²) in [6.45, 7) is 1.81. The standard InChI is InChI=1S/C16H13BrN2O2/c1-11-7-13(17)5-6-15(11)19-16(20)10-21-14-4-2-3-12(8-14)9-18/h2-8H,10H2,1H3,(H,19,20). The number of nitrogens with zero attached hydrogens (tertiary/aromatic N) is 1. The molecule has 0 aromatic heterocycles. The van der Waals surface area contributed by atoms with Gasteiger partial charge in [-0.15, -0.1) is 0 Å². The van der Waals surface area contributed by atoms with Crippen LogP contribution in [0.5, 0.6) is 5.75 Å². The van der Waals surface area contributed by atoms with Crippen molar-refractivity contribution in [1.82, 2.24) is 0 Å². The van der Waals surface area contributed by atoms with Crippen molar-refractivity contribution in [1.29, 1.82) is 5.26 Å². The number of hydrogen-bond donors (Lipinski definition) is 1. The highest BCUT2D eigenvalue weighted by atomic mass is 79.9. The van der Waals surface area contributed by atoms with Crippen LogP contribution < -0.4 is 10.1 Å². The molecule has 0 fully saturated rings. The highest BCUT2D eigenvalue weighted by molar-refractivity contribution is 9.10. The Balaban J connectivity index is 1.94. The van der Waals surface area contributed by atoms with Crippen LogP contribution in [0, 0.1) is 18.3 Å². The summed E-state index contributed by atoms with van der Waals surface area (Å²) in [6, 6.07) is 14.3. The molecule has 2 aromatic rings. The SMILES string of the molecule is Cc1cc(Br)ccc1NC(=O)COc1cccc(C#N)c1. The fraction of sp³-hybridized carbons (Fsp3) is 0.125. The molecule has 0 saturated carbocycles. The number of carbonyl (C=O) groups excluding carboxylic acids is 1.